The van der Waals surface area contributed by atoms with Gasteiger partial charge in [0.1, 0.15) is 26.8 Å². The van der Waals surface area contributed by atoms with E-state index in [1.165, 1.54) is 11.4 Å². The molecule has 0 radical (unpaired) electrons. The smallest absolute Gasteiger partial charge is 0.165 e. The molecule has 0 amide bonds. The average molecular weight is 593 g/mol. The van der Waals surface area contributed by atoms with Crippen molar-refractivity contribution in [3.63, 3.8) is 0 Å². The Balaban J connectivity index is 1.29. The fourth-order valence-electron chi connectivity index (χ4n) is 5.63. The highest BCUT2D eigenvalue weighted by Gasteiger charge is 2.34. The normalized spacial score (nSPS) is 12.9. The van der Waals surface area contributed by atoms with Gasteiger partial charge in [0.25, 0.3) is 0 Å². The van der Waals surface area contributed by atoms with Crippen LogP contribution in [0.25, 0.3) is 38.7 Å². The van der Waals surface area contributed by atoms with Gasteiger partial charge in [0.2, 0.25) is 0 Å². The third-order valence-corrected chi connectivity index (χ3v) is 9.24. The van der Waals surface area contributed by atoms with E-state index < -0.39 is 0 Å². The molecule has 3 aromatic heterocycles. The molecule has 0 unspecified atom stereocenters. The van der Waals surface area contributed by atoms with Crippen LogP contribution < -0.4 is 9.64 Å². The molecule has 0 spiro atoms. The lowest BCUT2D eigenvalue weighted by Gasteiger charge is -2.31. The van der Waals surface area contributed by atoms with Gasteiger partial charge >= 0.3 is 0 Å². The van der Waals surface area contributed by atoms with Crippen molar-refractivity contribution in [1.29, 1.82) is 0 Å². The van der Waals surface area contributed by atoms with Crippen LogP contribution in [0.5, 0.6) is 11.5 Å². The van der Waals surface area contributed by atoms with Gasteiger partial charge in [-0.1, -0.05) is 72.8 Å². The molecule has 5 heterocycles. The molecular formula is C34H20N6OS2. The Labute approximate surface area is 254 Å². The first kappa shape index (κ1) is 24.2. The Morgan fingerprint density at radius 2 is 1.30 bits per heavy atom. The van der Waals surface area contributed by atoms with Crippen molar-refractivity contribution in [3.8, 4) is 39.0 Å². The molecule has 0 aliphatic carbocycles. The fourth-order valence-corrected chi connectivity index (χ4v) is 7.48. The Morgan fingerprint density at radius 3 is 2.05 bits per heavy atom. The molecular weight excluding hydrogens is 573 g/mol. The van der Waals surface area contributed by atoms with E-state index in [9.17, 15) is 0 Å². The molecule has 43 heavy (non-hydrogen) atoms. The van der Waals surface area contributed by atoms with E-state index in [0.717, 1.165) is 77.9 Å². The fraction of sp³-hybridized carbons (Fsp3) is 0. The number of benzene rings is 4. The third kappa shape index (κ3) is 3.79. The van der Waals surface area contributed by atoms with Crippen molar-refractivity contribution in [3.05, 3.63) is 121 Å². The van der Waals surface area contributed by atoms with Crippen LogP contribution in [0, 0.1) is 0 Å². The molecule has 0 atom stereocenters. The molecule has 9 rings (SSSR count). The SMILES string of the molecule is c1ccc(-c2cnc3c(c2)nc(-c2sc(N4c5ccccc5Oc5ccccc54)c4c2N=S=N4)n3-c2ccccc2)cc1. The summed E-state index contributed by atoms with van der Waals surface area (Å²) in [7, 11) is 0. The average Bonchev–Trinajstić information content (AvgIpc) is 3.78. The molecule has 2 aliphatic heterocycles. The van der Waals surface area contributed by atoms with E-state index in [-0.39, 0.29) is 0 Å². The topological polar surface area (TPSA) is 67.9 Å². The predicted molar refractivity (Wildman–Crippen MR) is 174 cm³/mol. The molecule has 0 bridgehead atoms. The van der Waals surface area contributed by atoms with Crippen LogP contribution in [0.15, 0.2) is 130 Å². The summed E-state index contributed by atoms with van der Waals surface area (Å²) in [5.41, 5.74) is 8.26. The monoisotopic (exact) mass is 592 g/mol. The minimum absolute atomic E-state index is 0.780. The summed E-state index contributed by atoms with van der Waals surface area (Å²) in [5, 5.41) is 0.964. The van der Waals surface area contributed by atoms with E-state index in [1.807, 2.05) is 79.0 Å². The maximum absolute atomic E-state index is 6.28. The van der Waals surface area contributed by atoms with Crippen molar-refractivity contribution in [2.45, 2.75) is 0 Å². The quantitative estimate of drug-likeness (QED) is 0.204. The van der Waals surface area contributed by atoms with Crippen molar-refractivity contribution in [2.24, 2.45) is 8.73 Å². The van der Waals surface area contributed by atoms with Gasteiger partial charge in [-0.25, -0.2) is 9.97 Å². The summed E-state index contributed by atoms with van der Waals surface area (Å²) < 4.78 is 18.0. The van der Waals surface area contributed by atoms with Gasteiger partial charge in [0.05, 0.1) is 22.7 Å². The zero-order chi connectivity index (χ0) is 28.3. The number of nitrogens with zero attached hydrogens (tertiary/aromatic N) is 6. The van der Waals surface area contributed by atoms with Crippen molar-refractivity contribution in [2.75, 3.05) is 4.90 Å². The number of para-hydroxylation sites is 5. The van der Waals surface area contributed by atoms with Gasteiger partial charge in [-0.15, -0.1) is 11.3 Å². The molecule has 0 fully saturated rings. The first-order chi connectivity index (χ1) is 21.3. The van der Waals surface area contributed by atoms with Crippen LogP contribution in [0.2, 0.25) is 0 Å². The second-order valence-electron chi connectivity index (χ2n) is 10.1. The minimum atomic E-state index is 0.780. The van der Waals surface area contributed by atoms with Gasteiger partial charge in [-0.2, -0.15) is 8.73 Å². The van der Waals surface area contributed by atoms with Gasteiger partial charge in [-0.05, 0) is 48.0 Å². The highest BCUT2D eigenvalue weighted by atomic mass is 32.1. The number of hydrogen-bond acceptors (Lipinski definition) is 7. The largest absolute Gasteiger partial charge is 0.453 e. The van der Waals surface area contributed by atoms with Crippen molar-refractivity contribution in [1.82, 2.24) is 14.5 Å². The number of pyridine rings is 1. The number of rotatable bonds is 4. The molecule has 0 N–H and O–H groups in total. The van der Waals surface area contributed by atoms with Gasteiger partial charge < -0.3 is 4.74 Å². The lowest BCUT2D eigenvalue weighted by Crippen LogP contribution is -2.14. The first-order valence-corrected chi connectivity index (χ1v) is 15.3. The molecule has 7 aromatic rings. The summed E-state index contributed by atoms with van der Waals surface area (Å²) in [6, 6.07) is 38.8. The molecule has 204 valence electrons. The molecule has 0 saturated heterocycles. The van der Waals surface area contributed by atoms with E-state index in [4.69, 9.17) is 23.4 Å². The summed E-state index contributed by atoms with van der Waals surface area (Å²) in [4.78, 5) is 13.3. The molecule has 2 aliphatic rings. The van der Waals surface area contributed by atoms with Crippen LogP contribution >= 0.6 is 11.3 Å². The number of fused-ring (bicyclic) bond motifs is 4. The summed E-state index contributed by atoms with van der Waals surface area (Å²) in [6.45, 7) is 0. The zero-order valence-corrected chi connectivity index (χ0v) is 24.1. The van der Waals surface area contributed by atoms with Crippen LogP contribution in [0.3, 0.4) is 0 Å². The number of ether oxygens (including phenoxy) is 1. The Hall–Kier alpha value is -5.38. The van der Waals surface area contributed by atoms with Gasteiger partial charge in [0.15, 0.2) is 23.0 Å². The number of imidazole rings is 1. The highest BCUT2D eigenvalue weighted by molar-refractivity contribution is 7.58. The second-order valence-corrected chi connectivity index (χ2v) is 11.6. The molecule has 7 nitrogen and oxygen atoms in total. The lowest BCUT2D eigenvalue weighted by molar-refractivity contribution is 0.477. The maximum Gasteiger partial charge on any atom is 0.165 e. The number of anilines is 3. The summed E-state index contributed by atoms with van der Waals surface area (Å²) >= 11 is 2.85. The minimum Gasteiger partial charge on any atom is -0.453 e. The molecule has 0 saturated carbocycles. The summed E-state index contributed by atoms with van der Waals surface area (Å²) in [6.07, 6.45) is 1.92. The van der Waals surface area contributed by atoms with Crippen LogP contribution in [0.4, 0.5) is 27.8 Å². The Bertz CT molecular complexity index is 2220. The Morgan fingerprint density at radius 1 is 0.651 bits per heavy atom. The van der Waals surface area contributed by atoms with E-state index in [2.05, 4.69) is 51.9 Å². The first-order valence-electron chi connectivity index (χ1n) is 13.7. The maximum atomic E-state index is 6.28. The van der Waals surface area contributed by atoms with Gasteiger partial charge in [-0.3, -0.25) is 9.47 Å². The van der Waals surface area contributed by atoms with Crippen molar-refractivity contribution < 1.29 is 4.74 Å². The van der Waals surface area contributed by atoms with Crippen LogP contribution in [-0.4, -0.2) is 14.5 Å². The highest BCUT2D eigenvalue weighted by Crippen LogP contribution is 2.60. The number of thiophene rings is 1. The van der Waals surface area contributed by atoms with E-state index >= 15 is 0 Å². The molecule has 4 aromatic carbocycles. The third-order valence-electron chi connectivity index (χ3n) is 7.56. The zero-order valence-electron chi connectivity index (χ0n) is 22.5. The number of hydrogen-bond donors (Lipinski definition) is 0. The predicted octanol–water partition coefficient (Wildman–Crippen LogP) is 10.1. The van der Waals surface area contributed by atoms with E-state index in [0.29, 0.717) is 0 Å². The lowest BCUT2D eigenvalue weighted by atomic mass is 10.1. The Kier molecular flexibility index (Phi) is 5.40. The van der Waals surface area contributed by atoms with Crippen molar-refractivity contribution >= 4 is 61.6 Å². The van der Waals surface area contributed by atoms with Crippen LogP contribution in [-0.2, 0) is 11.4 Å². The van der Waals surface area contributed by atoms with E-state index in [1.54, 1.807) is 11.3 Å². The second kappa shape index (κ2) is 9.59. The van der Waals surface area contributed by atoms with Gasteiger partial charge in [0, 0.05) is 17.4 Å². The standard InChI is InChI=1S/C34H20N6OS2/c1-3-11-21(12-4-1)22-19-24-32(35-20-22)39(23-13-5-2-6-14-23)33(36-24)31-29-30(38-43-37-29)34(42-31)40-25-15-7-9-17-27(25)41-28-18-10-8-16-26(28)40/h1-20H. The molecule has 9 heteroatoms. The number of aromatic nitrogens is 3. The van der Waals surface area contributed by atoms with Crippen LogP contribution in [0.1, 0.15) is 0 Å². The summed E-state index contributed by atoms with van der Waals surface area (Å²) in [5.74, 6) is 2.37.